The zero-order valence-corrected chi connectivity index (χ0v) is 14.2. The Morgan fingerprint density at radius 2 is 2.19 bits per heavy atom. The second kappa shape index (κ2) is 10.6. The first-order valence-electron chi connectivity index (χ1n) is 7.73. The third-order valence-corrected chi connectivity index (χ3v) is 4.10. The maximum absolute atomic E-state index is 9.11. The Kier molecular flexibility index (Phi) is 9.01. The van der Waals surface area contributed by atoms with Gasteiger partial charge in [-0.25, -0.2) is 9.98 Å². The molecule has 21 heavy (non-hydrogen) atoms. The SMILES string of the molecule is CCCC(CCO)CNC(=NCc1cnc(C)s1)NCC. The predicted molar refractivity (Wildman–Crippen MR) is 89.8 cm³/mol. The third-order valence-electron chi connectivity index (χ3n) is 3.20. The molecule has 120 valence electrons. The fourth-order valence-corrected chi connectivity index (χ4v) is 2.88. The van der Waals surface area contributed by atoms with Crippen molar-refractivity contribution in [2.24, 2.45) is 10.9 Å². The molecule has 0 aliphatic rings. The number of hydrogen-bond acceptors (Lipinski definition) is 4. The van der Waals surface area contributed by atoms with E-state index in [0.717, 1.165) is 43.3 Å². The molecule has 1 aromatic heterocycles. The number of aryl methyl sites for hydroxylation is 1. The Labute approximate surface area is 131 Å². The lowest BCUT2D eigenvalue weighted by atomic mass is 10.0. The van der Waals surface area contributed by atoms with Gasteiger partial charge in [-0.1, -0.05) is 13.3 Å². The van der Waals surface area contributed by atoms with Crippen LogP contribution in [0.2, 0.25) is 0 Å². The Balaban J connectivity index is 2.51. The second-order valence-corrected chi connectivity index (χ2v) is 6.41. The van der Waals surface area contributed by atoms with Crippen LogP contribution in [-0.2, 0) is 6.54 Å². The second-order valence-electron chi connectivity index (χ2n) is 5.09. The first-order valence-corrected chi connectivity index (χ1v) is 8.55. The number of nitrogens with zero attached hydrogens (tertiary/aromatic N) is 2. The van der Waals surface area contributed by atoms with E-state index in [9.17, 15) is 0 Å². The molecular formula is C15H28N4OS. The smallest absolute Gasteiger partial charge is 0.191 e. The molecule has 1 atom stereocenters. The van der Waals surface area contributed by atoms with Gasteiger partial charge in [0.05, 0.1) is 11.6 Å². The molecule has 1 heterocycles. The first-order chi connectivity index (χ1) is 10.2. The van der Waals surface area contributed by atoms with Crippen molar-refractivity contribution in [3.63, 3.8) is 0 Å². The maximum Gasteiger partial charge on any atom is 0.191 e. The Bertz CT molecular complexity index is 414. The van der Waals surface area contributed by atoms with Crippen molar-refractivity contribution >= 4 is 17.3 Å². The minimum Gasteiger partial charge on any atom is -0.396 e. The normalized spacial score (nSPS) is 13.2. The summed E-state index contributed by atoms with van der Waals surface area (Å²) < 4.78 is 0. The zero-order chi connectivity index (χ0) is 15.5. The quantitative estimate of drug-likeness (QED) is 0.483. The van der Waals surface area contributed by atoms with Gasteiger partial charge in [-0.2, -0.15) is 0 Å². The molecule has 6 heteroatoms. The summed E-state index contributed by atoms with van der Waals surface area (Å²) in [7, 11) is 0. The Morgan fingerprint density at radius 1 is 1.38 bits per heavy atom. The lowest BCUT2D eigenvalue weighted by molar-refractivity contribution is 0.251. The number of aliphatic hydroxyl groups excluding tert-OH is 1. The topological polar surface area (TPSA) is 69.5 Å². The summed E-state index contributed by atoms with van der Waals surface area (Å²) >= 11 is 1.68. The summed E-state index contributed by atoms with van der Waals surface area (Å²) in [6, 6.07) is 0. The van der Waals surface area contributed by atoms with Gasteiger partial charge in [0.2, 0.25) is 0 Å². The fourth-order valence-electron chi connectivity index (χ4n) is 2.16. The van der Waals surface area contributed by atoms with E-state index < -0.39 is 0 Å². The molecular weight excluding hydrogens is 284 g/mol. The van der Waals surface area contributed by atoms with Gasteiger partial charge in [-0.3, -0.25) is 0 Å². The predicted octanol–water partition coefficient (Wildman–Crippen LogP) is 2.31. The molecule has 0 aromatic carbocycles. The average Bonchev–Trinajstić information content (AvgIpc) is 2.88. The number of hydrogen-bond donors (Lipinski definition) is 3. The van der Waals surface area contributed by atoms with Crippen molar-refractivity contribution in [2.45, 2.75) is 46.6 Å². The van der Waals surface area contributed by atoms with Crippen LogP contribution >= 0.6 is 11.3 Å². The van der Waals surface area contributed by atoms with Crippen LogP contribution in [0, 0.1) is 12.8 Å². The lowest BCUT2D eigenvalue weighted by Crippen LogP contribution is -2.40. The number of guanidine groups is 1. The molecule has 5 nitrogen and oxygen atoms in total. The van der Waals surface area contributed by atoms with Crippen LogP contribution in [0.3, 0.4) is 0 Å². The van der Waals surface area contributed by atoms with E-state index >= 15 is 0 Å². The van der Waals surface area contributed by atoms with Crippen molar-refractivity contribution in [1.29, 1.82) is 0 Å². The molecule has 0 aliphatic heterocycles. The van der Waals surface area contributed by atoms with Crippen LogP contribution in [0.5, 0.6) is 0 Å². The van der Waals surface area contributed by atoms with Crippen LogP contribution in [0.1, 0.15) is 43.0 Å². The van der Waals surface area contributed by atoms with E-state index in [2.05, 4.69) is 34.5 Å². The number of aliphatic imine (C=N–C) groups is 1. The van der Waals surface area contributed by atoms with E-state index in [1.54, 1.807) is 11.3 Å². The van der Waals surface area contributed by atoms with Crippen molar-refractivity contribution in [3.05, 3.63) is 16.1 Å². The maximum atomic E-state index is 9.11. The van der Waals surface area contributed by atoms with Gasteiger partial charge < -0.3 is 15.7 Å². The summed E-state index contributed by atoms with van der Waals surface area (Å²) in [6.45, 7) is 8.83. The summed E-state index contributed by atoms with van der Waals surface area (Å²) in [5, 5.41) is 16.8. The van der Waals surface area contributed by atoms with Gasteiger partial charge in [0, 0.05) is 30.8 Å². The monoisotopic (exact) mass is 312 g/mol. The van der Waals surface area contributed by atoms with Gasteiger partial charge in [0.1, 0.15) is 0 Å². The lowest BCUT2D eigenvalue weighted by Gasteiger charge is -2.18. The first kappa shape index (κ1) is 17.9. The number of thiazole rings is 1. The van der Waals surface area contributed by atoms with E-state index in [0.29, 0.717) is 12.5 Å². The minimum absolute atomic E-state index is 0.250. The standard InChI is InChI=1S/C15H28N4OS/c1-4-6-13(7-8-20)9-18-15(16-5-2)19-11-14-10-17-12(3)21-14/h10,13,20H,4-9,11H2,1-3H3,(H2,16,18,19). The van der Waals surface area contributed by atoms with Crippen molar-refractivity contribution < 1.29 is 5.11 Å². The highest BCUT2D eigenvalue weighted by Crippen LogP contribution is 2.12. The van der Waals surface area contributed by atoms with Gasteiger partial charge in [0.15, 0.2) is 5.96 Å². The molecule has 0 saturated carbocycles. The average molecular weight is 312 g/mol. The van der Waals surface area contributed by atoms with Crippen LogP contribution < -0.4 is 10.6 Å². The number of rotatable bonds is 9. The van der Waals surface area contributed by atoms with Crippen LogP contribution in [0.25, 0.3) is 0 Å². The largest absolute Gasteiger partial charge is 0.396 e. The highest BCUT2D eigenvalue weighted by Gasteiger charge is 2.08. The van der Waals surface area contributed by atoms with Gasteiger partial charge in [0.25, 0.3) is 0 Å². The van der Waals surface area contributed by atoms with Crippen molar-refractivity contribution in [1.82, 2.24) is 15.6 Å². The van der Waals surface area contributed by atoms with E-state index in [4.69, 9.17) is 5.11 Å². The Hall–Kier alpha value is -1.14. The van der Waals surface area contributed by atoms with Gasteiger partial charge in [-0.15, -0.1) is 11.3 Å². The summed E-state index contributed by atoms with van der Waals surface area (Å²) in [5.41, 5.74) is 0. The number of nitrogens with one attached hydrogen (secondary N) is 2. The summed E-state index contributed by atoms with van der Waals surface area (Å²) in [4.78, 5) is 10.0. The van der Waals surface area contributed by atoms with Crippen molar-refractivity contribution in [2.75, 3.05) is 19.7 Å². The van der Waals surface area contributed by atoms with Crippen molar-refractivity contribution in [3.8, 4) is 0 Å². The highest BCUT2D eigenvalue weighted by atomic mass is 32.1. The molecule has 0 spiro atoms. The Morgan fingerprint density at radius 3 is 2.76 bits per heavy atom. The molecule has 0 bridgehead atoms. The van der Waals surface area contributed by atoms with E-state index in [1.807, 2.05) is 13.1 Å². The third kappa shape index (κ3) is 7.43. The van der Waals surface area contributed by atoms with Crippen LogP contribution in [0.4, 0.5) is 0 Å². The molecule has 0 aliphatic carbocycles. The number of aromatic nitrogens is 1. The van der Waals surface area contributed by atoms with Gasteiger partial charge >= 0.3 is 0 Å². The fraction of sp³-hybridized carbons (Fsp3) is 0.733. The van der Waals surface area contributed by atoms with Crippen LogP contribution in [0.15, 0.2) is 11.2 Å². The molecule has 3 N–H and O–H groups in total. The molecule has 1 aromatic rings. The van der Waals surface area contributed by atoms with E-state index in [1.165, 1.54) is 4.88 Å². The molecule has 1 unspecified atom stereocenters. The zero-order valence-electron chi connectivity index (χ0n) is 13.4. The highest BCUT2D eigenvalue weighted by molar-refractivity contribution is 7.11. The molecule has 0 amide bonds. The number of aliphatic hydroxyl groups is 1. The molecule has 1 rings (SSSR count). The van der Waals surface area contributed by atoms with Crippen LogP contribution in [-0.4, -0.2) is 35.7 Å². The molecule has 0 radical (unpaired) electrons. The summed E-state index contributed by atoms with van der Waals surface area (Å²) in [6.07, 6.45) is 4.99. The van der Waals surface area contributed by atoms with Gasteiger partial charge in [-0.05, 0) is 32.6 Å². The van der Waals surface area contributed by atoms with E-state index in [-0.39, 0.29) is 6.61 Å². The molecule has 0 saturated heterocycles. The summed E-state index contributed by atoms with van der Waals surface area (Å²) in [5.74, 6) is 1.33. The minimum atomic E-state index is 0.250. The molecule has 0 fully saturated rings.